The van der Waals surface area contributed by atoms with Crippen molar-refractivity contribution < 1.29 is 0 Å². The summed E-state index contributed by atoms with van der Waals surface area (Å²) in [5.41, 5.74) is 3.22. The molecule has 2 heterocycles. The SMILES string of the molecule is CC(C)c1cc2nccnc2n1C. The van der Waals surface area contributed by atoms with E-state index >= 15 is 0 Å². The highest BCUT2D eigenvalue weighted by Gasteiger charge is 2.09. The van der Waals surface area contributed by atoms with Crippen LogP contribution in [0.5, 0.6) is 0 Å². The van der Waals surface area contributed by atoms with Gasteiger partial charge in [-0.05, 0) is 12.0 Å². The van der Waals surface area contributed by atoms with Crippen molar-refractivity contribution in [3.05, 3.63) is 24.2 Å². The van der Waals surface area contributed by atoms with E-state index in [9.17, 15) is 0 Å². The summed E-state index contributed by atoms with van der Waals surface area (Å²) in [5.74, 6) is 0.515. The van der Waals surface area contributed by atoms with E-state index in [1.807, 2.05) is 7.05 Å². The number of hydrogen-bond donors (Lipinski definition) is 0. The monoisotopic (exact) mass is 175 g/mol. The maximum Gasteiger partial charge on any atom is 0.158 e. The van der Waals surface area contributed by atoms with Gasteiger partial charge in [0.2, 0.25) is 0 Å². The summed E-state index contributed by atoms with van der Waals surface area (Å²) in [7, 11) is 2.03. The third-order valence-corrected chi connectivity index (χ3v) is 2.29. The van der Waals surface area contributed by atoms with Crippen molar-refractivity contribution in [2.45, 2.75) is 19.8 Å². The lowest BCUT2D eigenvalue weighted by atomic mass is 10.1. The topological polar surface area (TPSA) is 30.7 Å². The minimum absolute atomic E-state index is 0.515. The summed E-state index contributed by atoms with van der Waals surface area (Å²) in [5, 5.41) is 0. The molecule has 0 saturated heterocycles. The highest BCUT2D eigenvalue weighted by atomic mass is 15.0. The highest BCUT2D eigenvalue weighted by molar-refractivity contribution is 5.72. The second-order valence-corrected chi connectivity index (χ2v) is 3.55. The maximum atomic E-state index is 4.28. The Morgan fingerprint density at radius 3 is 2.54 bits per heavy atom. The van der Waals surface area contributed by atoms with E-state index in [0.717, 1.165) is 11.2 Å². The van der Waals surface area contributed by atoms with Crippen LogP contribution in [0.15, 0.2) is 18.5 Å². The fourth-order valence-electron chi connectivity index (χ4n) is 1.61. The Morgan fingerprint density at radius 2 is 1.92 bits per heavy atom. The molecule has 3 nitrogen and oxygen atoms in total. The summed E-state index contributed by atoms with van der Waals surface area (Å²) in [6.45, 7) is 4.35. The minimum Gasteiger partial charge on any atom is -0.331 e. The number of rotatable bonds is 1. The van der Waals surface area contributed by atoms with Gasteiger partial charge >= 0.3 is 0 Å². The van der Waals surface area contributed by atoms with Crippen LogP contribution in [0, 0.1) is 0 Å². The normalized spacial score (nSPS) is 11.4. The van der Waals surface area contributed by atoms with Gasteiger partial charge in [-0.3, -0.25) is 4.98 Å². The Hall–Kier alpha value is -1.38. The van der Waals surface area contributed by atoms with Crippen molar-refractivity contribution in [3.63, 3.8) is 0 Å². The first-order chi connectivity index (χ1) is 6.20. The van der Waals surface area contributed by atoms with Crippen LogP contribution in [0.4, 0.5) is 0 Å². The van der Waals surface area contributed by atoms with Gasteiger partial charge < -0.3 is 4.57 Å². The molecule has 2 rings (SSSR count). The van der Waals surface area contributed by atoms with Gasteiger partial charge in [-0.25, -0.2) is 4.98 Å². The zero-order valence-electron chi connectivity index (χ0n) is 8.15. The molecule has 2 aromatic rings. The molecule has 0 N–H and O–H groups in total. The summed E-state index contributed by atoms with van der Waals surface area (Å²) >= 11 is 0. The van der Waals surface area contributed by atoms with E-state index in [2.05, 4.69) is 34.4 Å². The van der Waals surface area contributed by atoms with Crippen molar-refractivity contribution in [1.29, 1.82) is 0 Å². The number of fused-ring (bicyclic) bond motifs is 1. The van der Waals surface area contributed by atoms with E-state index in [-0.39, 0.29) is 0 Å². The summed E-state index contributed by atoms with van der Waals surface area (Å²) in [6, 6.07) is 2.10. The van der Waals surface area contributed by atoms with Crippen LogP contribution in [0.3, 0.4) is 0 Å². The molecule has 0 bridgehead atoms. The van der Waals surface area contributed by atoms with Crippen molar-refractivity contribution >= 4 is 11.2 Å². The average Bonchev–Trinajstić information content (AvgIpc) is 2.45. The first-order valence-electron chi connectivity index (χ1n) is 4.46. The van der Waals surface area contributed by atoms with Crippen molar-refractivity contribution in [2.75, 3.05) is 0 Å². The van der Waals surface area contributed by atoms with Crippen LogP contribution >= 0.6 is 0 Å². The highest BCUT2D eigenvalue weighted by Crippen LogP contribution is 2.20. The second kappa shape index (κ2) is 2.83. The molecule has 0 aliphatic rings. The summed E-state index contributed by atoms with van der Waals surface area (Å²) in [6.07, 6.45) is 3.46. The summed E-state index contributed by atoms with van der Waals surface area (Å²) in [4.78, 5) is 8.55. The Morgan fingerprint density at radius 1 is 1.23 bits per heavy atom. The van der Waals surface area contributed by atoms with E-state index in [0.29, 0.717) is 5.92 Å². The maximum absolute atomic E-state index is 4.28. The van der Waals surface area contributed by atoms with Gasteiger partial charge in [0.05, 0.1) is 0 Å². The number of nitrogens with zero attached hydrogens (tertiary/aromatic N) is 3. The molecule has 0 spiro atoms. The van der Waals surface area contributed by atoms with Crippen LogP contribution in [0.2, 0.25) is 0 Å². The lowest BCUT2D eigenvalue weighted by Crippen LogP contribution is -1.98. The largest absolute Gasteiger partial charge is 0.331 e. The average molecular weight is 175 g/mol. The van der Waals surface area contributed by atoms with Gasteiger partial charge in [0.15, 0.2) is 5.65 Å². The van der Waals surface area contributed by atoms with Gasteiger partial charge in [-0.15, -0.1) is 0 Å². The Bertz CT molecular complexity index is 429. The van der Waals surface area contributed by atoms with Crippen molar-refractivity contribution in [1.82, 2.24) is 14.5 Å². The zero-order valence-corrected chi connectivity index (χ0v) is 8.15. The van der Waals surface area contributed by atoms with Crippen molar-refractivity contribution in [2.24, 2.45) is 7.05 Å². The van der Waals surface area contributed by atoms with E-state index in [4.69, 9.17) is 0 Å². The fraction of sp³-hybridized carbons (Fsp3) is 0.400. The number of hydrogen-bond acceptors (Lipinski definition) is 2. The standard InChI is InChI=1S/C10H13N3/c1-7(2)9-6-8-10(13(9)3)12-5-4-11-8/h4-7H,1-3H3. The van der Waals surface area contributed by atoms with Gasteiger partial charge in [-0.1, -0.05) is 13.8 Å². The molecule has 0 atom stereocenters. The Balaban J connectivity index is 2.74. The van der Waals surface area contributed by atoms with E-state index in [1.165, 1.54) is 5.69 Å². The quantitative estimate of drug-likeness (QED) is 0.664. The molecule has 0 saturated carbocycles. The molecule has 0 radical (unpaired) electrons. The number of aromatic nitrogens is 3. The molecule has 13 heavy (non-hydrogen) atoms. The molecular formula is C10H13N3. The molecule has 0 unspecified atom stereocenters. The van der Waals surface area contributed by atoms with E-state index < -0.39 is 0 Å². The van der Waals surface area contributed by atoms with Gasteiger partial charge in [0.25, 0.3) is 0 Å². The van der Waals surface area contributed by atoms with Crippen LogP contribution in [0.1, 0.15) is 25.5 Å². The molecular weight excluding hydrogens is 162 g/mol. The van der Waals surface area contributed by atoms with Crippen LogP contribution < -0.4 is 0 Å². The second-order valence-electron chi connectivity index (χ2n) is 3.55. The van der Waals surface area contributed by atoms with Crippen LogP contribution in [-0.4, -0.2) is 14.5 Å². The molecule has 0 fully saturated rings. The first kappa shape index (κ1) is 8.23. The molecule has 0 aliphatic carbocycles. The van der Waals surface area contributed by atoms with Gasteiger partial charge in [0, 0.05) is 25.1 Å². The predicted molar refractivity (Wildman–Crippen MR) is 52.6 cm³/mol. The third-order valence-electron chi connectivity index (χ3n) is 2.29. The molecule has 2 aromatic heterocycles. The van der Waals surface area contributed by atoms with Gasteiger partial charge in [0.1, 0.15) is 5.52 Å². The lowest BCUT2D eigenvalue weighted by molar-refractivity contribution is 0.750. The third kappa shape index (κ3) is 1.20. The number of aryl methyl sites for hydroxylation is 1. The first-order valence-corrected chi connectivity index (χ1v) is 4.46. The molecule has 0 amide bonds. The molecule has 0 aliphatic heterocycles. The van der Waals surface area contributed by atoms with Gasteiger partial charge in [-0.2, -0.15) is 0 Å². The predicted octanol–water partition coefficient (Wildman–Crippen LogP) is 2.09. The zero-order chi connectivity index (χ0) is 9.42. The minimum atomic E-state index is 0.515. The van der Waals surface area contributed by atoms with E-state index in [1.54, 1.807) is 12.4 Å². The summed E-state index contributed by atoms with van der Waals surface area (Å²) < 4.78 is 2.10. The molecule has 0 aromatic carbocycles. The van der Waals surface area contributed by atoms with Crippen molar-refractivity contribution in [3.8, 4) is 0 Å². The fourth-order valence-corrected chi connectivity index (χ4v) is 1.61. The molecule has 3 heteroatoms. The smallest absolute Gasteiger partial charge is 0.158 e. The Kier molecular flexibility index (Phi) is 1.79. The lowest BCUT2D eigenvalue weighted by Gasteiger charge is -2.05. The van der Waals surface area contributed by atoms with Crippen LogP contribution in [0.25, 0.3) is 11.2 Å². The Labute approximate surface area is 77.4 Å². The molecule has 68 valence electrons. The van der Waals surface area contributed by atoms with Crippen LogP contribution in [-0.2, 0) is 7.05 Å².